The van der Waals surface area contributed by atoms with E-state index in [1.165, 1.54) is 11.7 Å². The predicted molar refractivity (Wildman–Crippen MR) is 141 cm³/mol. The van der Waals surface area contributed by atoms with Crippen LogP contribution in [0.1, 0.15) is 19.5 Å². The van der Waals surface area contributed by atoms with Gasteiger partial charge in [0, 0.05) is 44.3 Å². The van der Waals surface area contributed by atoms with Gasteiger partial charge < -0.3 is 18.8 Å². The number of nitrogens with zero attached hydrogens (tertiary/aromatic N) is 3. The quantitative estimate of drug-likeness (QED) is 0.154. The van der Waals surface area contributed by atoms with Crippen molar-refractivity contribution in [3.05, 3.63) is 54.5 Å². The number of hydrogen-bond acceptors (Lipinski definition) is 6. The Kier molecular flexibility index (Phi) is 9.04. The van der Waals surface area contributed by atoms with Gasteiger partial charge in [0.25, 0.3) is 0 Å². The lowest BCUT2D eigenvalue weighted by Crippen LogP contribution is -2.32. The van der Waals surface area contributed by atoms with Crippen LogP contribution in [0.5, 0.6) is 5.88 Å². The molecule has 0 radical (unpaired) electrons. The summed E-state index contributed by atoms with van der Waals surface area (Å²) in [5.41, 5.74) is 0.381. The van der Waals surface area contributed by atoms with Gasteiger partial charge in [-0.2, -0.15) is 13.2 Å². The van der Waals surface area contributed by atoms with E-state index >= 15 is 0 Å². The average molecular weight is 550 g/mol. The van der Waals surface area contributed by atoms with E-state index in [0.29, 0.717) is 18.1 Å². The number of imidazole rings is 1. The molecule has 0 aliphatic heterocycles. The first-order valence-corrected chi connectivity index (χ1v) is 15.9. The van der Waals surface area contributed by atoms with E-state index in [4.69, 9.17) is 14.2 Å². The number of alkyl halides is 3. The molecule has 0 bridgehead atoms. The fourth-order valence-electron chi connectivity index (χ4n) is 3.46. The van der Waals surface area contributed by atoms with Crippen LogP contribution in [0.15, 0.2) is 48.8 Å². The summed E-state index contributed by atoms with van der Waals surface area (Å²) in [7, 11) is 0.00677. The summed E-state index contributed by atoms with van der Waals surface area (Å²) in [6, 6.07) is 11.5. The van der Waals surface area contributed by atoms with Crippen molar-refractivity contribution in [2.45, 2.75) is 52.4 Å². The van der Waals surface area contributed by atoms with Crippen LogP contribution in [-0.2, 0) is 27.2 Å². The van der Waals surface area contributed by atoms with Crippen molar-refractivity contribution in [1.29, 1.82) is 0 Å². The SMILES string of the molecule is COC(=O)C(C)(C)COc1ccc(-c2ccc(-c3nc(C(F)(F)F)cn3COCC[Si](C)(C)C)cc2)cn1. The van der Waals surface area contributed by atoms with Crippen molar-refractivity contribution < 1.29 is 32.2 Å². The van der Waals surface area contributed by atoms with E-state index in [2.05, 4.69) is 29.6 Å². The van der Waals surface area contributed by atoms with Crippen molar-refractivity contribution in [3.8, 4) is 28.4 Å². The van der Waals surface area contributed by atoms with Gasteiger partial charge in [-0.05, 0) is 31.5 Å². The topological polar surface area (TPSA) is 75.5 Å². The van der Waals surface area contributed by atoms with E-state index in [1.807, 2.05) is 6.07 Å². The minimum absolute atomic E-state index is 0.0111. The van der Waals surface area contributed by atoms with Crippen molar-refractivity contribution in [1.82, 2.24) is 14.5 Å². The molecule has 0 amide bonds. The zero-order valence-electron chi connectivity index (χ0n) is 22.6. The Morgan fingerprint density at radius 3 is 2.18 bits per heavy atom. The second-order valence-corrected chi connectivity index (χ2v) is 16.5. The van der Waals surface area contributed by atoms with E-state index in [1.54, 1.807) is 50.4 Å². The van der Waals surface area contributed by atoms with E-state index in [0.717, 1.165) is 23.4 Å². The largest absolute Gasteiger partial charge is 0.476 e. The van der Waals surface area contributed by atoms with Crippen LogP contribution in [0.25, 0.3) is 22.5 Å². The van der Waals surface area contributed by atoms with Crippen LogP contribution in [0.2, 0.25) is 25.7 Å². The molecule has 3 aromatic rings. The first-order valence-electron chi connectivity index (χ1n) is 12.2. The Hall–Kier alpha value is -3.18. The van der Waals surface area contributed by atoms with Crippen LogP contribution < -0.4 is 4.74 Å². The van der Waals surface area contributed by atoms with Gasteiger partial charge in [0.05, 0.1) is 12.5 Å². The molecule has 0 N–H and O–H groups in total. The highest BCUT2D eigenvalue weighted by atomic mass is 28.3. The highest BCUT2D eigenvalue weighted by Crippen LogP contribution is 2.32. The van der Waals surface area contributed by atoms with Crippen molar-refractivity contribution in [2.75, 3.05) is 20.3 Å². The van der Waals surface area contributed by atoms with Gasteiger partial charge >= 0.3 is 12.1 Å². The number of carbonyl (C=O) groups is 1. The molecule has 0 saturated heterocycles. The normalized spacial score (nSPS) is 12.4. The third kappa shape index (κ3) is 7.91. The summed E-state index contributed by atoms with van der Waals surface area (Å²) in [6.45, 7) is 10.7. The van der Waals surface area contributed by atoms with E-state index in [9.17, 15) is 18.0 Å². The summed E-state index contributed by atoms with van der Waals surface area (Å²) in [4.78, 5) is 20.0. The maximum Gasteiger partial charge on any atom is 0.434 e. The van der Waals surface area contributed by atoms with Gasteiger partial charge in [-0.15, -0.1) is 0 Å². The number of ether oxygens (including phenoxy) is 3. The summed E-state index contributed by atoms with van der Waals surface area (Å²) in [5.74, 6) is 0.167. The van der Waals surface area contributed by atoms with Crippen molar-refractivity contribution in [2.24, 2.45) is 5.41 Å². The first kappa shape index (κ1) is 29.4. The molecule has 1 aromatic carbocycles. The summed E-state index contributed by atoms with van der Waals surface area (Å²) < 4.78 is 57.7. The minimum atomic E-state index is -4.56. The third-order valence-corrected chi connectivity index (χ3v) is 7.53. The van der Waals surface area contributed by atoms with Gasteiger partial charge in [0.15, 0.2) is 5.69 Å². The Balaban J connectivity index is 1.74. The van der Waals surface area contributed by atoms with Gasteiger partial charge in [-0.3, -0.25) is 4.79 Å². The maximum absolute atomic E-state index is 13.4. The Bertz CT molecular complexity index is 1220. The molecule has 0 fully saturated rings. The van der Waals surface area contributed by atoms with Crippen LogP contribution >= 0.6 is 0 Å². The van der Waals surface area contributed by atoms with Gasteiger partial charge in [0.2, 0.25) is 5.88 Å². The standard InChI is InChI=1S/C27H34F3N3O4Si/c1-26(2,25(34)35-3)17-37-23-12-11-21(15-31-23)19-7-9-20(10-8-19)24-32-22(27(28,29)30)16-33(24)18-36-13-14-38(4,5)6/h7-12,15-16H,13-14,17-18H2,1-6H3. The number of methoxy groups -OCH3 is 1. The molecule has 38 heavy (non-hydrogen) atoms. The molecule has 206 valence electrons. The molecule has 0 unspecified atom stereocenters. The van der Waals surface area contributed by atoms with E-state index < -0.39 is 25.4 Å². The lowest BCUT2D eigenvalue weighted by Gasteiger charge is -2.21. The molecule has 0 aliphatic carbocycles. The molecule has 2 aromatic heterocycles. The maximum atomic E-state index is 13.4. The summed E-state index contributed by atoms with van der Waals surface area (Å²) in [5, 5.41) is 0. The second-order valence-electron chi connectivity index (χ2n) is 10.9. The molecule has 3 rings (SSSR count). The Labute approximate surface area is 222 Å². The zero-order valence-corrected chi connectivity index (χ0v) is 23.6. The molecular weight excluding hydrogens is 515 g/mol. The molecule has 2 heterocycles. The van der Waals surface area contributed by atoms with E-state index in [-0.39, 0.29) is 25.1 Å². The molecule has 0 saturated carbocycles. The molecule has 0 aliphatic rings. The number of carbonyl (C=O) groups excluding carboxylic acids is 1. The smallest absolute Gasteiger partial charge is 0.434 e. The lowest BCUT2D eigenvalue weighted by atomic mass is 9.95. The highest BCUT2D eigenvalue weighted by Gasteiger charge is 2.35. The predicted octanol–water partition coefficient (Wildman–Crippen LogP) is 6.52. The van der Waals surface area contributed by atoms with Gasteiger partial charge in [-0.1, -0.05) is 43.9 Å². The number of benzene rings is 1. The van der Waals surface area contributed by atoms with Crippen molar-refractivity contribution >= 4 is 14.0 Å². The van der Waals surface area contributed by atoms with Crippen LogP contribution in [-0.4, -0.2) is 48.9 Å². The first-order chi connectivity index (χ1) is 17.7. The summed E-state index contributed by atoms with van der Waals surface area (Å²) >= 11 is 0. The number of rotatable bonds is 11. The molecule has 7 nitrogen and oxygen atoms in total. The zero-order chi connectivity index (χ0) is 28.1. The Morgan fingerprint density at radius 1 is 1.00 bits per heavy atom. The highest BCUT2D eigenvalue weighted by molar-refractivity contribution is 6.76. The molecule has 0 atom stereocenters. The monoisotopic (exact) mass is 549 g/mol. The molecule has 0 spiro atoms. The van der Waals surface area contributed by atoms with Gasteiger partial charge in [0.1, 0.15) is 19.2 Å². The number of esters is 1. The lowest BCUT2D eigenvalue weighted by molar-refractivity contribution is -0.152. The molecule has 11 heteroatoms. The van der Waals surface area contributed by atoms with Crippen LogP contribution in [0.3, 0.4) is 0 Å². The number of pyridine rings is 1. The average Bonchev–Trinajstić information content (AvgIpc) is 3.30. The third-order valence-electron chi connectivity index (χ3n) is 5.83. The number of aromatic nitrogens is 3. The Morgan fingerprint density at radius 2 is 1.63 bits per heavy atom. The minimum Gasteiger partial charge on any atom is -0.476 e. The van der Waals surface area contributed by atoms with Crippen LogP contribution in [0.4, 0.5) is 13.2 Å². The number of hydrogen-bond donors (Lipinski definition) is 0. The molecular formula is C27H34F3N3O4Si. The summed E-state index contributed by atoms with van der Waals surface area (Å²) in [6.07, 6.45) is -1.94. The van der Waals surface area contributed by atoms with Crippen LogP contribution in [0, 0.1) is 5.41 Å². The number of halogens is 3. The fourth-order valence-corrected chi connectivity index (χ4v) is 4.22. The second kappa shape index (κ2) is 11.7. The van der Waals surface area contributed by atoms with Crippen molar-refractivity contribution in [3.63, 3.8) is 0 Å². The van der Waals surface area contributed by atoms with Gasteiger partial charge in [-0.25, -0.2) is 9.97 Å². The fraction of sp³-hybridized carbons (Fsp3) is 0.444.